The second kappa shape index (κ2) is 8.39. The van der Waals surface area contributed by atoms with Crippen molar-refractivity contribution in [1.82, 2.24) is 9.78 Å². The number of phenols is 1. The van der Waals surface area contributed by atoms with Gasteiger partial charge in [0.05, 0.1) is 22.3 Å². The zero-order valence-electron chi connectivity index (χ0n) is 15.9. The van der Waals surface area contributed by atoms with Gasteiger partial charge in [-0.2, -0.15) is 5.10 Å². The van der Waals surface area contributed by atoms with Crippen molar-refractivity contribution in [1.29, 1.82) is 0 Å². The maximum absolute atomic E-state index is 11.4. The first-order valence-electron chi connectivity index (χ1n) is 10.0. The van der Waals surface area contributed by atoms with Gasteiger partial charge in [0.25, 0.3) is 0 Å². The van der Waals surface area contributed by atoms with E-state index in [1.165, 1.54) is 42.5 Å². The van der Waals surface area contributed by atoms with Gasteiger partial charge in [-0.15, -0.1) is 0 Å². The molecular formula is C22H25ClN2O3. The minimum absolute atomic E-state index is 0.0986. The van der Waals surface area contributed by atoms with E-state index in [1.54, 1.807) is 12.1 Å². The minimum atomic E-state index is -0.230. The number of benzene rings is 1. The van der Waals surface area contributed by atoms with Gasteiger partial charge in [0.1, 0.15) is 18.1 Å². The van der Waals surface area contributed by atoms with Crippen LogP contribution in [-0.2, 0) is 0 Å². The van der Waals surface area contributed by atoms with E-state index in [2.05, 4.69) is 15.8 Å². The number of hydrogen-bond donors (Lipinski definition) is 1. The first-order valence-corrected chi connectivity index (χ1v) is 10.4. The van der Waals surface area contributed by atoms with Gasteiger partial charge in [-0.1, -0.05) is 24.4 Å². The molecule has 0 saturated heterocycles. The SMILES string of the molecule is O=Cc1c(OCC2=C(c3ccnn3C3CCCC3)CCCC2)ccc(Cl)c1O. The van der Waals surface area contributed by atoms with Crippen LogP contribution in [0.3, 0.4) is 0 Å². The summed E-state index contributed by atoms with van der Waals surface area (Å²) in [4.78, 5) is 11.4. The number of aldehydes is 1. The van der Waals surface area contributed by atoms with Crippen molar-refractivity contribution in [2.75, 3.05) is 6.61 Å². The zero-order chi connectivity index (χ0) is 19.5. The Morgan fingerprint density at radius 2 is 1.96 bits per heavy atom. The number of rotatable bonds is 6. The van der Waals surface area contributed by atoms with Crippen LogP contribution in [0.1, 0.15) is 73.5 Å². The third-order valence-electron chi connectivity index (χ3n) is 5.88. The lowest BCUT2D eigenvalue weighted by atomic mass is 9.90. The van der Waals surface area contributed by atoms with Gasteiger partial charge in [-0.05, 0) is 67.9 Å². The molecule has 1 fully saturated rings. The van der Waals surface area contributed by atoms with Crippen LogP contribution in [-0.4, -0.2) is 27.8 Å². The number of carbonyl (C=O) groups is 1. The zero-order valence-corrected chi connectivity index (χ0v) is 16.6. The second-order valence-corrected chi connectivity index (χ2v) is 8.01. The summed E-state index contributed by atoms with van der Waals surface area (Å²) in [6.45, 7) is 0.396. The summed E-state index contributed by atoms with van der Waals surface area (Å²) < 4.78 is 8.17. The molecule has 28 heavy (non-hydrogen) atoms. The third kappa shape index (κ3) is 3.68. The fourth-order valence-corrected chi connectivity index (χ4v) is 4.56. The summed E-state index contributed by atoms with van der Waals surface area (Å²) in [6, 6.07) is 5.79. The Labute approximate surface area is 170 Å². The van der Waals surface area contributed by atoms with Crippen molar-refractivity contribution >= 4 is 23.5 Å². The molecule has 5 nitrogen and oxygen atoms in total. The van der Waals surface area contributed by atoms with E-state index in [0.29, 0.717) is 24.7 Å². The Morgan fingerprint density at radius 1 is 1.18 bits per heavy atom. The lowest BCUT2D eigenvalue weighted by Crippen LogP contribution is -2.14. The van der Waals surface area contributed by atoms with E-state index in [1.807, 2.05) is 6.20 Å². The summed E-state index contributed by atoms with van der Waals surface area (Å²) in [5.41, 5.74) is 3.87. The number of phenolic OH excluding ortho intramolecular Hbond substituents is 1. The van der Waals surface area contributed by atoms with Crippen LogP contribution in [0.2, 0.25) is 5.02 Å². The van der Waals surface area contributed by atoms with E-state index < -0.39 is 0 Å². The van der Waals surface area contributed by atoms with E-state index in [-0.39, 0.29) is 16.3 Å². The summed E-state index contributed by atoms with van der Waals surface area (Å²) in [6.07, 6.45) is 11.7. The molecule has 0 bridgehead atoms. The first kappa shape index (κ1) is 19.1. The Kier molecular flexibility index (Phi) is 5.72. The standard InChI is InChI=1S/C22H25ClN2O3/c23-19-9-10-21(18(13-26)22(19)27)28-14-15-5-1-4-8-17(15)20-11-12-24-25(20)16-6-2-3-7-16/h9-13,16,27H,1-8,14H2. The van der Waals surface area contributed by atoms with Gasteiger partial charge < -0.3 is 9.84 Å². The van der Waals surface area contributed by atoms with Crippen molar-refractivity contribution < 1.29 is 14.6 Å². The molecule has 0 radical (unpaired) electrons. The maximum Gasteiger partial charge on any atom is 0.157 e. The average Bonchev–Trinajstić information content (AvgIpc) is 3.40. The molecule has 2 aromatic rings. The summed E-state index contributed by atoms with van der Waals surface area (Å²) in [7, 11) is 0. The predicted octanol–water partition coefficient (Wildman–Crippen LogP) is 5.58. The van der Waals surface area contributed by atoms with E-state index in [9.17, 15) is 9.90 Å². The number of ether oxygens (including phenoxy) is 1. The number of carbonyl (C=O) groups excluding carboxylic acids is 1. The molecule has 0 unspecified atom stereocenters. The molecule has 1 aromatic heterocycles. The monoisotopic (exact) mass is 400 g/mol. The average molecular weight is 401 g/mol. The molecule has 1 saturated carbocycles. The van der Waals surface area contributed by atoms with Gasteiger partial charge in [-0.3, -0.25) is 9.48 Å². The molecule has 1 heterocycles. The summed E-state index contributed by atoms with van der Waals surface area (Å²) in [5, 5.41) is 14.8. The van der Waals surface area contributed by atoms with Crippen LogP contribution in [0, 0.1) is 0 Å². The van der Waals surface area contributed by atoms with Crippen LogP contribution in [0.25, 0.3) is 5.57 Å². The van der Waals surface area contributed by atoms with Gasteiger partial charge in [0.15, 0.2) is 6.29 Å². The van der Waals surface area contributed by atoms with Gasteiger partial charge >= 0.3 is 0 Å². The Morgan fingerprint density at radius 3 is 2.75 bits per heavy atom. The molecule has 6 heteroatoms. The third-order valence-corrected chi connectivity index (χ3v) is 6.18. The molecule has 148 valence electrons. The second-order valence-electron chi connectivity index (χ2n) is 7.60. The smallest absolute Gasteiger partial charge is 0.157 e. The Hall–Kier alpha value is -2.27. The molecule has 0 amide bonds. The molecular weight excluding hydrogens is 376 g/mol. The fraction of sp³-hybridized carbons (Fsp3) is 0.455. The molecule has 4 rings (SSSR count). The Bertz CT molecular complexity index is 897. The highest BCUT2D eigenvalue weighted by Crippen LogP contribution is 2.38. The highest BCUT2D eigenvalue weighted by atomic mass is 35.5. The highest BCUT2D eigenvalue weighted by Gasteiger charge is 2.24. The van der Waals surface area contributed by atoms with Crippen molar-refractivity contribution in [2.45, 2.75) is 57.4 Å². The van der Waals surface area contributed by atoms with Gasteiger partial charge in [0, 0.05) is 6.20 Å². The van der Waals surface area contributed by atoms with Crippen molar-refractivity contribution in [2.24, 2.45) is 0 Å². The fourth-order valence-electron chi connectivity index (χ4n) is 4.40. The predicted molar refractivity (Wildman–Crippen MR) is 109 cm³/mol. The number of allylic oxidation sites excluding steroid dienone is 1. The normalized spacial score (nSPS) is 17.9. The number of hydrogen-bond acceptors (Lipinski definition) is 4. The topological polar surface area (TPSA) is 64.3 Å². The molecule has 1 N–H and O–H groups in total. The van der Waals surface area contributed by atoms with Gasteiger partial charge in [0.2, 0.25) is 0 Å². The van der Waals surface area contributed by atoms with Crippen molar-refractivity contribution in [3.05, 3.63) is 46.2 Å². The van der Waals surface area contributed by atoms with Crippen LogP contribution in [0.4, 0.5) is 0 Å². The van der Waals surface area contributed by atoms with Crippen LogP contribution >= 0.6 is 11.6 Å². The van der Waals surface area contributed by atoms with Crippen LogP contribution < -0.4 is 4.74 Å². The minimum Gasteiger partial charge on any atom is -0.505 e. The number of nitrogens with zero attached hydrogens (tertiary/aromatic N) is 2. The molecule has 2 aliphatic carbocycles. The molecule has 0 spiro atoms. The summed E-state index contributed by atoms with van der Waals surface area (Å²) in [5.74, 6) is 0.130. The van der Waals surface area contributed by atoms with E-state index >= 15 is 0 Å². The maximum atomic E-state index is 11.4. The van der Waals surface area contributed by atoms with E-state index in [0.717, 1.165) is 25.7 Å². The van der Waals surface area contributed by atoms with E-state index in [4.69, 9.17) is 16.3 Å². The van der Waals surface area contributed by atoms with Gasteiger partial charge in [-0.25, -0.2) is 0 Å². The Balaban J connectivity index is 1.61. The molecule has 0 aliphatic heterocycles. The lowest BCUT2D eigenvalue weighted by Gasteiger charge is -2.23. The molecule has 2 aliphatic rings. The number of halogens is 1. The number of aromatic hydroxyl groups is 1. The van der Waals surface area contributed by atoms with Crippen LogP contribution in [0.15, 0.2) is 30.0 Å². The first-order chi connectivity index (χ1) is 13.7. The van der Waals surface area contributed by atoms with Crippen molar-refractivity contribution in [3.63, 3.8) is 0 Å². The summed E-state index contributed by atoms with van der Waals surface area (Å²) >= 11 is 5.90. The molecule has 1 aromatic carbocycles. The lowest BCUT2D eigenvalue weighted by molar-refractivity contribution is 0.111. The quantitative estimate of drug-likeness (QED) is 0.643. The van der Waals surface area contributed by atoms with Crippen LogP contribution in [0.5, 0.6) is 11.5 Å². The van der Waals surface area contributed by atoms with Crippen molar-refractivity contribution in [3.8, 4) is 11.5 Å². The number of aromatic nitrogens is 2. The highest BCUT2D eigenvalue weighted by molar-refractivity contribution is 6.32. The molecule has 0 atom stereocenters. The largest absolute Gasteiger partial charge is 0.505 e.